The summed E-state index contributed by atoms with van der Waals surface area (Å²) in [5.74, 6) is -0.919. The molecule has 5 nitrogen and oxygen atoms in total. The van der Waals surface area contributed by atoms with E-state index in [0.717, 1.165) is 18.4 Å². The molecular weight excluding hydrogens is 337 g/mol. The van der Waals surface area contributed by atoms with Crippen molar-refractivity contribution in [2.24, 2.45) is 0 Å². The molecule has 0 N–H and O–H groups in total. The van der Waals surface area contributed by atoms with E-state index in [0.29, 0.717) is 25.9 Å². The van der Waals surface area contributed by atoms with Gasteiger partial charge in [0, 0.05) is 13.1 Å². The predicted molar refractivity (Wildman–Crippen MR) is 94.1 cm³/mol. The maximum absolute atomic E-state index is 13.2. The Hall–Kier alpha value is -1.95. The zero-order chi connectivity index (χ0) is 18.7. The highest BCUT2D eigenvalue weighted by atomic mass is 19.1. The average molecular weight is 363 g/mol. The molecular formula is C20H26FNO4. The van der Waals surface area contributed by atoms with E-state index in [2.05, 4.69) is 0 Å². The summed E-state index contributed by atoms with van der Waals surface area (Å²) in [5, 5.41) is 0. The molecule has 1 aliphatic carbocycles. The van der Waals surface area contributed by atoms with Gasteiger partial charge in [0.1, 0.15) is 5.82 Å². The third kappa shape index (κ3) is 3.90. The Morgan fingerprint density at radius 2 is 1.73 bits per heavy atom. The summed E-state index contributed by atoms with van der Waals surface area (Å²) < 4.78 is 24.3. The highest BCUT2D eigenvalue weighted by Crippen LogP contribution is 2.42. The van der Waals surface area contributed by atoms with Gasteiger partial charge in [-0.2, -0.15) is 0 Å². The minimum Gasteiger partial charge on any atom is -0.455 e. The number of ether oxygens (including phenoxy) is 2. The molecule has 0 unspecified atom stereocenters. The maximum Gasteiger partial charge on any atom is 0.317 e. The third-order valence-corrected chi connectivity index (χ3v) is 5.34. The zero-order valence-electron chi connectivity index (χ0n) is 15.4. The van der Waals surface area contributed by atoms with Crippen LogP contribution in [0.2, 0.25) is 0 Å². The number of benzene rings is 1. The zero-order valence-corrected chi connectivity index (χ0v) is 15.4. The summed E-state index contributed by atoms with van der Waals surface area (Å²) in [5.41, 5.74) is 0.00186. The molecule has 0 spiro atoms. The van der Waals surface area contributed by atoms with Crippen molar-refractivity contribution in [3.05, 3.63) is 35.6 Å². The van der Waals surface area contributed by atoms with Gasteiger partial charge < -0.3 is 14.4 Å². The largest absolute Gasteiger partial charge is 0.455 e. The molecule has 1 amide bonds. The molecule has 0 aromatic heterocycles. The molecule has 26 heavy (non-hydrogen) atoms. The first-order valence-electron chi connectivity index (χ1n) is 9.27. The number of carbonyl (C=O) groups excluding carboxylic acids is 2. The molecule has 1 aliphatic heterocycles. The van der Waals surface area contributed by atoms with Crippen molar-refractivity contribution in [2.75, 3.05) is 19.7 Å². The van der Waals surface area contributed by atoms with Crippen molar-refractivity contribution < 1.29 is 23.5 Å². The first-order chi connectivity index (χ1) is 12.4. The van der Waals surface area contributed by atoms with Crippen molar-refractivity contribution >= 4 is 11.9 Å². The highest BCUT2D eigenvalue weighted by molar-refractivity contribution is 5.86. The Morgan fingerprint density at radius 3 is 2.31 bits per heavy atom. The number of halogens is 1. The number of rotatable bonds is 4. The first kappa shape index (κ1) is 18.8. The van der Waals surface area contributed by atoms with Crippen LogP contribution in [0, 0.1) is 5.82 Å². The van der Waals surface area contributed by atoms with E-state index >= 15 is 0 Å². The summed E-state index contributed by atoms with van der Waals surface area (Å²) in [6, 6.07) is 6.03. The molecule has 1 aromatic carbocycles. The minimum absolute atomic E-state index is 0.0289. The summed E-state index contributed by atoms with van der Waals surface area (Å²) in [6.07, 6.45) is 3.10. The fourth-order valence-corrected chi connectivity index (χ4v) is 4.10. The fourth-order valence-electron chi connectivity index (χ4n) is 4.10. The number of nitrogens with zero attached hydrogens (tertiary/aromatic N) is 1. The molecule has 0 radical (unpaired) electrons. The van der Waals surface area contributed by atoms with Crippen molar-refractivity contribution in [3.63, 3.8) is 0 Å². The normalized spacial score (nSPS) is 25.1. The molecule has 2 atom stereocenters. The maximum atomic E-state index is 13.2. The van der Waals surface area contributed by atoms with Crippen LogP contribution in [0.1, 0.15) is 45.1 Å². The first-order valence-corrected chi connectivity index (χ1v) is 9.27. The molecule has 2 aliphatic rings. The topological polar surface area (TPSA) is 55.8 Å². The van der Waals surface area contributed by atoms with Gasteiger partial charge in [-0.3, -0.25) is 9.59 Å². The van der Waals surface area contributed by atoms with Gasteiger partial charge >= 0.3 is 5.97 Å². The molecule has 1 saturated carbocycles. The lowest BCUT2D eigenvalue weighted by Crippen LogP contribution is -2.49. The van der Waals surface area contributed by atoms with Gasteiger partial charge in [-0.25, -0.2) is 4.39 Å². The van der Waals surface area contributed by atoms with E-state index in [1.54, 1.807) is 17.0 Å². The van der Waals surface area contributed by atoms with Crippen LogP contribution in [-0.4, -0.2) is 48.7 Å². The summed E-state index contributed by atoms with van der Waals surface area (Å²) in [4.78, 5) is 27.0. The molecule has 142 valence electrons. The second-order valence-corrected chi connectivity index (χ2v) is 7.43. The van der Waals surface area contributed by atoms with Crippen LogP contribution in [0.3, 0.4) is 0 Å². The van der Waals surface area contributed by atoms with Gasteiger partial charge in [0.05, 0.1) is 17.6 Å². The second-order valence-electron chi connectivity index (χ2n) is 7.43. The van der Waals surface area contributed by atoms with Gasteiger partial charge in [-0.15, -0.1) is 0 Å². The Labute approximate surface area is 153 Å². The van der Waals surface area contributed by atoms with Crippen molar-refractivity contribution in [2.45, 2.75) is 57.2 Å². The number of esters is 1. The van der Waals surface area contributed by atoms with Crippen LogP contribution >= 0.6 is 0 Å². The molecule has 1 saturated heterocycles. The summed E-state index contributed by atoms with van der Waals surface area (Å²) >= 11 is 0. The fraction of sp³-hybridized carbons (Fsp3) is 0.600. The van der Waals surface area contributed by atoms with Crippen LogP contribution in [0.25, 0.3) is 0 Å². The van der Waals surface area contributed by atoms with E-state index in [4.69, 9.17) is 9.47 Å². The van der Waals surface area contributed by atoms with Crippen molar-refractivity contribution in [1.82, 2.24) is 4.90 Å². The SMILES string of the molecule is C[C@@H]1CN(C(=O)COC(=O)C2(c3ccc(F)cc3)CCCC2)C[C@H](C)O1. The van der Waals surface area contributed by atoms with Crippen LogP contribution in [-0.2, 0) is 24.5 Å². The molecule has 3 rings (SSSR count). The lowest BCUT2D eigenvalue weighted by molar-refractivity contribution is -0.161. The van der Waals surface area contributed by atoms with Crippen molar-refractivity contribution in [1.29, 1.82) is 0 Å². The Morgan fingerprint density at radius 1 is 1.15 bits per heavy atom. The number of morpholine rings is 1. The third-order valence-electron chi connectivity index (χ3n) is 5.34. The van der Waals surface area contributed by atoms with Crippen LogP contribution < -0.4 is 0 Å². The lowest BCUT2D eigenvalue weighted by Gasteiger charge is -2.35. The molecule has 1 aromatic rings. The number of amides is 1. The minimum atomic E-state index is -0.764. The molecule has 0 bridgehead atoms. The van der Waals surface area contributed by atoms with Crippen LogP contribution in [0.15, 0.2) is 24.3 Å². The Balaban J connectivity index is 1.65. The molecule has 1 heterocycles. The Bertz CT molecular complexity index is 644. The van der Waals surface area contributed by atoms with E-state index < -0.39 is 5.41 Å². The number of hydrogen-bond acceptors (Lipinski definition) is 4. The van der Waals surface area contributed by atoms with Gasteiger partial charge in [0.15, 0.2) is 6.61 Å². The van der Waals surface area contributed by atoms with E-state index in [9.17, 15) is 14.0 Å². The summed E-state index contributed by atoms with van der Waals surface area (Å²) in [7, 11) is 0. The summed E-state index contributed by atoms with van der Waals surface area (Å²) in [6.45, 7) is 4.59. The average Bonchev–Trinajstić information content (AvgIpc) is 3.10. The van der Waals surface area contributed by atoms with E-state index in [1.807, 2.05) is 13.8 Å². The van der Waals surface area contributed by atoms with Gasteiger partial charge in [-0.1, -0.05) is 25.0 Å². The van der Waals surface area contributed by atoms with Crippen LogP contribution in [0.5, 0.6) is 0 Å². The number of carbonyl (C=O) groups is 2. The quantitative estimate of drug-likeness (QED) is 0.772. The lowest BCUT2D eigenvalue weighted by atomic mass is 9.79. The Kier molecular flexibility index (Phi) is 5.61. The van der Waals surface area contributed by atoms with Gasteiger partial charge in [0.25, 0.3) is 5.91 Å². The van der Waals surface area contributed by atoms with Gasteiger partial charge in [0.2, 0.25) is 0 Å². The van der Waals surface area contributed by atoms with Crippen molar-refractivity contribution in [3.8, 4) is 0 Å². The van der Waals surface area contributed by atoms with E-state index in [-0.39, 0.29) is 36.5 Å². The van der Waals surface area contributed by atoms with Crippen LogP contribution in [0.4, 0.5) is 4.39 Å². The monoisotopic (exact) mass is 363 g/mol. The smallest absolute Gasteiger partial charge is 0.317 e. The standard InChI is InChI=1S/C20H26FNO4/c1-14-11-22(12-15(2)26-14)18(23)13-25-19(24)20(9-3-4-10-20)16-5-7-17(21)8-6-16/h5-8,14-15H,3-4,9-13H2,1-2H3/t14-,15+. The molecule has 6 heteroatoms. The van der Waals surface area contributed by atoms with Gasteiger partial charge in [-0.05, 0) is 44.4 Å². The molecule has 2 fully saturated rings. The predicted octanol–water partition coefficient (Wildman–Crippen LogP) is 2.82. The second kappa shape index (κ2) is 7.74. The highest BCUT2D eigenvalue weighted by Gasteiger charge is 2.44. The van der Waals surface area contributed by atoms with E-state index in [1.165, 1.54) is 12.1 Å². The number of hydrogen-bond donors (Lipinski definition) is 0.